The predicted molar refractivity (Wildman–Crippen MR) is 97.4 cm³/mol. The smallest absolute Gasteiger partial charge is 0.413 e. The summed E-state index contributed by atoms with van der Waals surface area (Å²) in [7, 11) is -2.71. The summed E-state index contributed by atoms with van der Waals surface area (Å²) in [4.78, 5) is 25.6. The number of hydrogen-bond acceptors (Lipinski definition) is 8. The molecule has 1 aliphatic rings. The second kappa shape index (κ2) is 8.15. The van der Waals surface area contributed by atoms with Crippen molar-refractivity contribution < 1.29 is 36.4 Å². The van der Waals surface area contributed by atoms with Gasteiger partial charge in [-0.15, -0.1) is 0 Å². The van der Waals surface area contributed by atoms with Gasteiger partial charge in [0.25, 0.3) is 10.1 Å². The molecule has 10 heteroatoms. The SMILES string of the molecule is COC(=O)/C=C/[C@H](OS(C)(=O)=O)[C@@H]1[C@@H](C)OC(C)(C)N1C(=O)OC(C)(C)C. The minimum Gasteiger partial charge on any atom is -0.466 e. The summed E-state index contributed by atoms with van der Waals surface area (Å²) in [6, 6.07) is -0.856. The number of nitrogens with zero attached hydrogens (tertiary/aromatic N) is 1. The number of rotatable bonds is 5. The van der Waals surface area contributed by atoms with E-state index in [1.54, 1.807) is 41.5 Å². The monoisotopic (exact) mass is 407 g/mol. The molecule has 156 valence electrons. The second-order valence-electron chi connectivity index (χ2n) is 7.76. The summed E-state index contributed by atoms with van der Waals surface area (Å²) in [6.07, 6.45) is 0.701. The molecule has 0 aromatic heterocycles. The van der Waals surface area contributed by atoms with E-state index in [1.807, 2.05) is 0 Å². The van der Waals surface area contributed by atoms with E-state index < -0.39 is 51.8 Å². The van der Waals surface area contributed by atoms with Gasteiger partial charge in [-0.3, -0.25) is 9.08 Å². The number of amides is 1. The molecule has 27 heavy (non-hydrogen) atoms. The fourth-order valence-electron chi connectivity index (χ4n) is 2.86. The summed E-state index contributed by atoms with van der Waals surface area (Å²) in [5.74, 6) is -0.688. The summed E-state index contributed by atoms with van der Waals surface area (Å²) >= 11 is 0. The molecule has 0 unspecified atom stereocenters. The first-order valence-electron chi connectivity index (χ1n) is 8.42. The quantitative estimate of drug-likeness (QED) is 0.386. The van der Waals surface area contributed by atoms with E-state index in [0.717, 1.165) is 12.3 Å². The Labute approximate surface area is 160 Å². The van der Waals surface area contributed by atoms with Crippen LogP contribution >= 0.6 is 0 Å². The van der Waals surface area contributed by atoms with Crippen molar-refractivity contribution in [1.29, 1.82) is 0 Å². The molecule has 0 radical (unpaired) electrons. The van der Waals surface area contributed by atoms with Gasteiger partial charge in [-0.25, -0.2) is 9.59 Å². The molecule has 0 N–H and O–H groups in total. The highest BCUT2D eigenvalue weighted by molar-refractivity contribution is 7.86. The van der Waals surface area contributed by atoms with Crippen LogP contribution in [0.3, 0.4) is 0 Å². The van der Waals surface area contributed by atoms with Crippen molar-refractivity contribution in [2.75, 3.05) is 13.4 Å². The standard InChI is InChI=1S/C17H29NO8S/c1-11-14(12(26-27(8,21)22)9-10-13(19)23-7)18(17(5,6)24-11)15(20)25-16(2,3)4/h9-12,14H,1-8H3/b10-9+/t11-,12+,14+/m1/s1. The van der Waals surface area contributed by atoms with Crippen molar-refractivity contribution in [2.45, 2.75) is 71.1 Å². The highest BCUT2D eigenvalue weighted by atomic mass is 32.2. The van der Waals surface area contributed by atoms with Crippen LogP contribution in [0.1, 0.15) is 41.5 Å². The molecule has 1 amide bonds. The van der Waals surface area contributed by atoms with E-state index in [0.29, 0.717) is 0 Å². The lowest BCUT2D eigenvalue weighted by molar-refractivity contribution is -0.134. The third kappa shape index (κ3) is 6.78. The van der Waals surface area contributed by atoms with E-state index >= 15 is 0 Å². The first-order valence-corrected chi connectivity index (χ1v) is 10.2. The van der Waals surface area contributed by atoms with Gasteiger partial charge in [0, 0.05) is 6.08 Å². The van der Waals surface area contributed by atoms with E-state index in [1.165, 1.54) is 18.1 Å². The van der Waals surface area contributed by atoms with Crippen molar-refractivity contribution in [3.63, 3.8) is 0 Å². The second-order valence-corrected chi connectivity index (χ2v) is 9.36. The fraction of sp³-hybridized carbons (Fsp3) is 0.765. The van der Waals surface area contributed by atoms with Gasteiger partial charge in [-0.05, 0) is 47.6 Å². The first kappa shape index (κ1) is 23.4. The third-order valence-corrected chi connectivity index (χ3v) is 4.24. The third-order valence-electron chi connectivity index (χ3n) is 3.67. The Kier molecular flexibility index (Phi) is 7.06. The molecule has 9 nitrogen and oxygen atoms in total. The highest BCUT2D eigenvalue weighted by Crippen LogP contribution is 2.36. The van der Waals surface area contributed by atoms with Crippen molar-refractivity contribution in [1.82, 2.24) is 4.90 Å². The summed E-state index contributed by atoms with van der Waals surface area (Å²) in [6.45, 7) is 10.2. The lowest BCUT2D eigenvalue weighted by atomic mass is 10.0. The van der Waals surface area contributed by atoms with Gasteiger partial charge in [0.05, 0.1) is 25.5 Å². The molecule has 1 aliphatic heterocycles. The average Bonchev–Trinajstić information content (AvgIpc) is 2.68. The largest absolute Gasteiger partial charge is 0.466 e. The first-order chi connectivity index (χ1) is 12.1. The number of carbonyl (C=O) groups is 2. The molecule has 0 spiro atoms. The topological polar surface area (TPSA) is 108 Å². The van der Waals surface area contributed by atoms with Crippen LogP contribution < -0.4 is 0 Å². The lowest BCUT2D eigenvalue weighted by Gasteiger charge is -2.36. The van der Waals surface area contributed by atoms with Gasteiger partial charge in [0.2, 0.25) is 0 Å². The van der Waals surface area contributed by atoms with Crippen LogP contribution in [-0.2, 0) is 33.3 Å². The lowest BCUT2D eigenvalue weighted by Crippen LogP contribution is -2.54. The van der Waals surface area contributed by atoms with Gasteiger partial charge < -0.3 is 14.2 Å². The summed E-state index contributed by atoms with van der Waals surface area (Å²) in [5.41, 5.74) is -1.84. The van der Waals surface area contributed by atoms with E-state index in [9.17, 15) is 18.0 Å². The Bertz CT molecular complexity index is 692. The minimum absolute atomic E-state index is 0.596. The Morgan fingerprint density at radius 3 is 2.26 bits per heavy atom. The molecule has 1 fully saturated rings. The molecular formula is C17H29NO8S. The molecular weight excluding hydrogens is 378 g/mol. The van der Waals surface area contributed by atoms with Crippen molar-refractivity contribution >= 4 is 22.2 Å². The summed E-state index contributed by atoms with van der Waals surface area (Å²) in [5, 5.41) is 0. The average molecular weight is 407 g/mol. The molecule has 0 saturated carbocycles. The fourth-order valence-corrected chi connectivity index (χ4v) is 3.44. The van der Waals surface area contributed by atoms with Gasteiger partial charge >= 0.3 is 12.1 Å². The maximum atomic E-state index is 12.8. The van der Waals surface area contributed by atoms with E-state index in [-0.39, 0.29) is 0 Å². The number of methoxy groups -OCH3 is 1. The van der Waals surface area contributed by atoms with Crippen molar-refractivity contribution in [2.24, 2.45) is 0 Å². The molecule has 3 atom stereocenters. The molecule has 0 aromatic rings. The van der Waals surface area contributed by atoms with Crippen LogP contribution in [0.25, 0.3) is 0 Å². The van der Waals surface area contributed by atoms with Crippen LogP contribution in [0.2, 0.25) is 0 Å². The van der Waals surface area contributed by atoms with Crippen LogP contribution in [-0.4, -0.2) is 68.3 Å². The maximum Gasteiger partial charge on any atom is 0.413 e. The zero-order chi connectivity index (χ0) is 21.2. The molecule has 0 bridgehead atoms. The number of hydrogen-bond donors (Lipinski definition) is 0. The molecule has 0 aliphatic carbocycles. The van der Waals surface area contributed by atoms with Crippen LogP contribution in [0.4, 0.5) is 4.79 Å². The van der Waals surface area contributed by atoms with Gasteiger partial charge in [0.15, 0.2) is 0 Å². The Balaban J connectivity index is 3.34. The maximum absolute atomic E-state index is 12.8. The van der Waals surface area contributed by atoms with Gasteiger partial charge in [0.1, 0.15) is 17.4 Å². The predicted octanol–water partition coefficient (Wildman–Crippen LogP) is 1.82. The molecule has 1 rings (SSSR count). The van der Waals surface area contributed by atoms with Crippen molar-refractivity contribution in [3.05, 3.63) is 12.2 Å². The number of ether oxygens (including phenoxy) is 3. The Morgan fingerprint density at radius 2 is 1.81 bits per heavy atom. The van der Waals surface area contributed by atoms with Gasteiger partial charge in [-0.1, -0.05) is 0 Å². The van der Waals surface area contributed by atoms with Crippen molar-refractivity contribution in [3.8, 4) is 0 Å². The summed E-state index contributed by atoms with van der Waals surface area (Å²) < 4.78 is 44.4. The number of carbonyl (C=O) groups excluding carboxylic acids is 2. The molecule has 0 aromatic carbocycles. The van der Waals surface area contributed by atoms with E-state index in [4.69, 9.17) is 13.7 Å². The van der Waals surface area contributed by atoms with Crippen LogP contribution in [0.5, 0.6) is 0 Å². The van der Waals surface area contributed by atoms with Gasteiger partial charge in [-0.2, -0.15) is 8.42 Å². The van der Waals surface area contributed by atoms with E-state index in [2.05, 4.69) is 4.74 Å². The Morgan fingerprint density at radius 1 is 1.26 bits per heavy atom. The molecule has 1 heterocycles. The Hall–Kier alpha value is -1.65. The van der Waals surface area contributed by atoms with Crippen LogP contribution in [0.15, 0.2) is 12.2 Å². The zero-order valence-electron chi connectivity index (χ0n) is 17.0. The molecule has 1 saturated heterocycles. The normalized spacial score (nSPS) is 24.1. The highest BCUT2D eigenvalue weighted by Gasteiger charge is 2.53. The van der Waals surface area contributed by atoms with Crippen LogP contribution in [0, 0.1) is 0 Å². The number of esters is 1. The zero-order valence-corrected chi connectivity index (χ0v) is 17.8. The minimum atomic E-state index is -3.90.